The summed E-state index contributed by atoms with van der Waals surface area (Å²) in [5, 5.41) is 12.9. The summed E-state index contributed by atoms with van der Waals surface area (Å²) in [7, 11) is 0. The fourth-order valence-electron chi connectivity index (χ4n) is 8.84. The van der Waals surface area contributed by atoms with Gasteiger partial charge in [-0.1, -0.05) is 102 Å². The second-order valence-corrected chi connectivity index (χ2v) is 14.0. The fourth-order valence-corrected chi connectivity index (χ4v) is 9.02. The van der Waals surface area contributed by atoms with Crippen molar-refractivity contribution in [3.63, 3.8) is 0 Å². The number of nitrogens with zero attached hydrogens (tertiary/aromatic N) is 2. The van der Waals surface area contributed by atoms with Crippen LogP contribution in [0.1, 0.15) is 41.0 Å². The lowest BCUT2D eigenvalue weighted by Crippen LogP contribution is -2.53. The number of nitrogens with one attached hydrogen (secondary N) is 1. The summed E-state index contributed by atoms with van der Waals surface area (Å²) in [6.07, 6.45) is 2.45. The number of amides is 4. The van der Waals surface area contributed by atoms with Crippen LogP contribution in [0.5, 0.6) is 5.75 Å². The van der Waals surface area contributed by atoms with Crippen LogP contribution in [0, 0.1) is 30.6 Å². The number of hydrazine groups is 1. The van der Waals surface area contributed by atoms with Gasteiger partial charge in [-0.05, 0) is 67.1 Å². The van der Waals surface area contributed by atoms with Crippen molar-refractivity contribution in [1.82, 2.24) is 9.91 Å². The zero-order valence-electron chi connectivity index (χ0n) is 26.8. The molecule has 6 atom stereocenters. The average molecular weight is 672 g/mol. The number of carbonyl (C=O) groups is 4. The Kier molecular flexibility index (Phi) is 7.45. The summed E-state index contributed by atoms with van der Waals surface area (Å²) in [4.78, 5) is 59.4. The number of imide groups is 2. The third kappa shape index (κ3) is 4.72. The van der Waals surface area contributed by atoms with E-state index < -0.39 is 46.8 Å². The highest BCUT2D eigenvalue weighted by molar-refractivity contribution is 6.30. The number of carbonyl (C=O) groups excluding carboxylic acids is 4. The maximum absolute atomic E-state index is 15.2. The summed E-state index contributed by atoms with van der Waals surface area (Å²) in [5.74, 6) is -5.07. The minimum Gasteiger partial charge on any atom is -0.508 e. The molecule has 8 rings (SSSR count). The van der Waals surface area contributed by atoms with Crippen LogP contribution in [0.25, 0.3) is 0 Å². The lowest BCUT2D eigenvalue weighted by atomic mass is 9.49. The van der Waals surface area contributed by atoms with E-state index in [4.69, 9.17) is 11.6 Å². The van der Waals surface area contributed by atoms with Crippen LogP contribution in [0.3, 0.4) is 0 Å². The molecule has 2 heterocycles. The van der Waals surface area contributed by atoms with Gasteiger partial charge in [-0.3, -0.25) is 29.5 Å². The third-order valence-electron chi connectivity index (χ3n) is 11.0. The van der Waals surface area contributed by atoms with Crippen LogP contribution < -0.4 is 5.43 Å². The van der Waals surface area contributed by atoms with Crippen LogP contribution in [0.2, 0.25) is 5.02 Å². The van der Waals surface area contributed by atoms with Crippen molar-refractivity contribution in [3.8, 4) is 5.75 Å². The highest BCUT2D eigenvalue weighted by atomic mass is 35.5. The molecule has 9 heteroatoms. The van der Waals surface area contributed by atoms with Crippen LogP contribution in [-0.2, 0) is 31.1 Å². The minimum absolute atomic E-state index is 0.0724. The Morgan fingerprint density at radius 3 is 2.24 bits per heavy atom. The predicted molar refractivity (Wildman–Crippen MR) is 184 cm³/mol. The van der Waals surface area contributed by atoms with E-state index in [0.717, 1.165) is 21.7 Å². The highest BCUT2D eigenvalue weighted by Crippen LogP contribution is 2.65. The van der Waals surface area contributed by atoms with Crippen molar-refractivity contribution in [2.24, 2.45) is 23.7 Å². The van der Waals surface area contributed by atoms with Gasteiger partial charge >= 0.3 is 0 Å². The van der Waals surface area contributed by atoms with Gasteiger partial charge in [0.25, 0.3) is 11.8 Å². The van der Waals surface area contributed by atoms with Gasteiger partial charge in [-0.25, -0.2) is 0 Å². The van der Waals surface area contributed by atoms with Gasteiger partial charge in [-0.15, -0.1) is 0 Å². The number of phenols is 1. The van der Waals surface area contributed by atoms with Gasteiger partial charge in [0.1, 0.15) is 5.75 Å². The number of anilines is 1. The number of allylic oxidation sites excluding steroid dienone is 2. The maximum Gasteiger partial charge on any atom is 0.260 e. The van der Waals surface area contributed by atoms with E-state index in [2.05, 4.69) is 5.43 Å². The van der Waals surface area contributed by atoms with E-state index in [0.29, 0.717) is 28.3 Å². The Balaban J connectivity index is 1.30. The van der Waals surface area contributed by atoms with Crippen LogP contribution >= 0.6 is 11.6 Å². The first-order chi connectivity index (χ1) is 23.7. The molecule has 4 amide bonds. The van der Waals surface area contributed by atoms with Gasteiger partial charge in [-0.2, -0.15) is 5.01 Å². The summed E-state index contributed by atoms with van der Waals surface area (Å²) < 4.78 is 0. The first kappa shape index (κ1) is 31.1. The molecule has 0 spiro atoms. The topological polar surface area (TPSA) is 107 Å². The largest absolute Gasteiger partial charge is 0.508 e. The van der Waals surface area contributed by atoms with Crippen molar-refractivity contribution in [1.29, 1.82) is 0 Å². The quantitative estimate of drug-likeness (QED) is 0.178. The second kappa shape index (κ2) is 11.7. The third-order valence-corrected chi connectivity index (χ3v) is 11.2. The van der Waals surface area contributed by atoms with E-state index >= 15 is 4.79 Å². The molecule has 0 unspecified atom stereocenters. The van der Waals surface area contributed by atoms with Crippen molar-refractivity contribution >= 4 is 40.9 Å². The molecule has 2 aliphatic carbocycles. The normalized spacial score (nSPS) is 27.5. The predicted octanol–water partition coefficient (Wildman–Crippen LogP) is 6.54. The number of hydrogen-bond donors (Lipinski definition) is 2. The number of rotatable bonds is 6. The number of halogens is 1. The summed E-state index contributed by atoms with van der Waals surface area (Å²) in [6, 6.07) is 30.7. The zero-order chi connectivity index (χ0) is 34.0. The summed E-state index contributed by atoms with van der Waals surface area (Å²) in [6.45, 7) is 2.12. The van der Waals surface area contributed by atoms with Crippen molar-refractivity contribution in [3.05, 3.63) is 142 Å². The van der Waals surface area contributed by atoms with E-state index in [1.807, 2.05) is 97.9 Å². The van der Waals surface area contributed by atoms with Gasteiger partial charge in [0, 0.05) is 16.5 Å². The molecular formula is C40H34ClN3O5. The monoisotopic (exact) mass is 671 g/mol. The standard InChI is InChI=1S/C40H34ClN3O5/c1-23-12-15-27(16-13-23)42-44-37(47)32-21-30-28(17-18-29-34(30)38(48)43(36(29)46)22-24-8-4-2-5-9-24)35(31-20-26(41)14-19-33(31)45)40(32,39(44)49)25-10-6-3-7-11-25/h2-17,19-20,29-30,32,34-35,42,45H,18,21-22H2,1H3/t29-,30+,32-,34-,35+,40+/m0/s1. The second-order valence-electron chi connectivity index (χ2n) is 13.5. The number of fused-ring (bicyclic) bond motifs is 4. The molecule has 2 saturated heterocycles. The average Bonchev–Trinajstić information content (AvgIpc) is 3.48. The number of benzene rings is 4. The lowest BCUT2D eigenvalue weighted by Gasteiger charge is -2.50. The Morgan fingerprint density at radius 1 is 0.837 bits per heavy atom. The molecule has 2 aliphatic heterocycles. The van der Waals surface area contributed by atoms with E-state index in [1.54, 1.807) is 12.1 Å². The SMILES string of the molecule is Cc1ccc(NN2C(=O)[C@@H]3C[C@@H]4C(=CC[C@@H]5C(=O)N(Cc6ccccc6)C(=O)[C@@H]54)[C@H](c4cc(Cl)ccc4O)[C@]3(c3ccccc3)C2=O)cc1. The number of aryl methyl sites for hydroxylation is 1. The first-order valence-electron chi connectivity index (χ1n) is 16.5. The number of aromatic hydroxyl groups is 1. The Bertz CT molecular complexity index is 2030. The van der Waals surface area contributed by atoms with E-state index in [9.17, 15) is 19.5 Å². The molecule has 49 heavy (non-hydrogen) atoms. The van der Waals surface area contributed by atoms with Crippen LogP contribution in [-0.4, -0.2) is 38.6 Å². The molecule has 3 fully saturated rings. The molecule has 4 aromatic carbocycles. The van der Waals surface area contributed by atoms with Crippen LogP contribution in [0.15, 0.2) is 115 Å². The molecule has 4 aliphatic rings. The Labute approximate surface area is 289 Å². The fraction of sp³-hybridized carbons (Fsp3) is 0.250. The minimum atomic E-state index is -1.48. The Morgan fingerprint density at radius 2 is 1.53 bits per heavy atom. The first-order valence-corrected chi connectivity index (χ1v) is 16.9. The molecule has 4 aromatic rings. The van der Waals surface area contributed by atoms with Gasteiger partial charge in [0.15, 0.2) is 0 Å². The van der Waals surface area contributed by atoms with E-state index in [1.165, 1.54) is 11.0 Å². The molecule has 8 nitrogen and oxygen atoms in total. The van der Waals surface area contributed by atoms with E-state index in [-0.39, 0.29) is 30.5 Å². The van der Waals surface area contributed by atoms with Gasteiger partial charge < -0.3 is 5.11 Å². The van der Waals surface area contributed by atoms with Gasteiger partial charge in [0.2, 0.25) is 11.8 Å². The number of hydrogen-bond acceptors (Lipinski definition) is 6. The molecule has 246 valence electrons. The Hall–Kier alpha value is -5.21. The summed E-state index contributed by atoms with van der Waals surface area (Å²) >= 11 is 6.58. The van der Waals surface area contributed by atoms with Crippen molar-refractivity contribution in [2.45, 2.75) is 37.6 Å². The van der Waals surface area contributed by atoms with Crippen molar-refractivity contribution in [2.75, 3.05) is 5.43 Å². The van der Waals surface area contributed by atoms with Crippen LogP contribution in [0.4, 0.5) is 5.69 Å². The number of phenolic OH excluding ortho intramolecular Hbond substituents is 1. The number of likely N-dealkylation sites (tertiary alicyclic amines) is 1. The van der Waals surface area contributed by atoms with Gasteiger partial charge in [0.05, 0.1) is 35.4 Å². The molecule has 0 radical (unpaired) electrons. The molecule has 0 aromatic heterocycles. The molecule has 0 bridgehead atoms. The van der Waals surface area contributed by atoms with Crippen molar-refractivity contribution < 1.29 is 24.3 Å². The lowest BCUT2D eigenvalue weighted by molar-refractivity contribution is -0.142. The summed E-state index contributed by atoms with van der Waals surface area (Å²) in [5.41, 5.74) is 5.83. The highest BCUT2D eigenvalue weighted by Gasteiger charge is 2.70. The molecule has 2 N–H and O–H groups in total. The molecule has 1 saturated carbocycles. The molecular weight excluding hydrogens is 638 g/mol. The zero-order valence-corrected chi connectivity index (χ0v) is 27.5. The maximum atomic E-state index is 15.2. The smallest absolute Gasteiger partial charge is 0.260 e.